The Morgan fingerprint density at radius 3 is 0.939 bits per heavy atom. The van der Waals surface area contributed by atoms with Crippen molar-refractivity contribution in [3.05, 3.63) is 0 Å². The van der Waals surface area contributed by atoms with Gasteiger partial charge in [0.25, 0.3) is 0 Å². The average molecular weight is 485 g/mol. The monoisotopic (exact) mass is 484 g/mol. The first-order valence-corrected chi connectivity index (χ1v) is 16.7. The zero-order chi connectivity index (χ0) is 24.2. The molecule has 0 fully saturated rings. The number of hydrogen-bond donors (Lipinski definition) is 0. The number of unbranched alkanes of at least 4 members (excludes halogenated alkanes) is 18. The van der Waals surface area contributed by atoms with Gasteiger partial charge in [-0.3, -0.25) is 0 Å². The van der Waals surface area contributed by atoms with Crippen LogP contribution in [0, 0.1) is 0 Å². The Labute approximate surface area is 212 Å². The minimum absolute atomic E-state index is 0.445. The van der Waals surface area contributed by atoms with Crippen molar-refractivity contribution in [2.24, 2.45) is 0 Å². The maximum absolute atomic E-state index is 6.22. The molecule has 0 saturated heterocycles. The van der Waals surface area contributed by atoms with Gasteiger partial charge in [0.2, 0.25) is 0 Å². The molecule has 0 aliphatic carbocycles. The summed E-state index contributed by atoms with van der Waals surface area (Å²) >= 11 is 0. The molecular weight excluding hydrogens is 420 g/mol. The Bertz CT molecular complexity index is 318. The van der Waals surface area contributed by atoms with Gasteiger partial charge in [0.05, 0.1) is 0 Å². The molecule has 0 spiro atoms. The summed E-state index contributed by atoms with van der Waals surface area (Å²) in [5, 5.41) is 0. The molecule has 0 saturated carbocycles. The van der Waals surface area contributed by atoms with Crippen LogP contribution in [0.4, 0.5) is 0 Å². The van der Waals surface area contributed by atoms with Gasteiger partial charge in [-0.2, -0.15) is 0 Å². The molecule has 2 nitrogen and oxygen atoms in total. The zero-order valence-electron chi connectivity index (χ0n) is 23.6. The maximum Gasteiger partial charge on any atom is 0.304 e. The summed E-state index contributed by atoms with van der Waals surface area (Å²) < 4.78 is 12.4. The van der Waals surface area contributed by atoms with Crippen molar-refractivity contribution in [3.63, 3.8) is 0 Å². The van der Waals surface area contributed by atoms with Crippen LogP contribution in [0.5, 0.6) is 0 Å². The topological polar surface area (TPSA) is 18.5 Å². The highest BCUT2D eigenvalue weighted by Crippen LogP contribution is 2.16. The van der Waals surface area contributed by atoms with E-state index in [1.807, 2.05) is 0 Å². The fourth-order valence-corrected chi connectivity index (χ4v) is 6.03. The van der Waals surface area contributed by atoms with Gasteiger partial charge >= 0.3 is 10.0 Å². The molecule has 0 aliphatic heterocycles. The lowest BCUT2D eigenvalue weighted by Crippen LogP contribution is -2.22. The van der Waals surface area contributed by atoms with E-state index in [0.717, 1.165) is 12.8 Å². The van der Waals surface area contributed by atoms with Gasteiger partial charge in [0.1, 0.15) is 0 Å². The highest BCUT2D eigenvalue weighted by atomic mass is 28.3. The van der Waals surface area contributed by atoms with Crippen LogP contribution < -0.4 is 0 Å². The molecule has 3 heteroatoms. The van der Waals surface area contributed by atoms with E-state index in [-0.39, 0.29) is 0 Å². The van der Waals surface area contributed by atoms with E-state index in [2.05, 4.69) is 27.7 Å². The van der Waals surface area contributed by atoms with Gasteiger partial charge in [-0.1, -0.05) is 156 Å². The van der Waals surface area contributed by atoms with Gasteiger partial charge in [0, 0.05) is 12.2 Å². The Balaban J connectivity index is 3.55. The average Bonchev–Trinajstić information content (AvgIpc) is 2.83. The van der Waals surface area contributed by atoms with Gasteiger partial charge in [-0.05, 0) is 25.7 Å². The van der Waals surface area contributed by atoms with Crippen LogP contribution in [-0.4, -0.2) is 22.2 Å². The van der Waals surface area contributed by atoms with Gasteiger partial charge in [-0.25, -0.2) is 0 Å². The lowest BCUT2D eigenvalue weighted by atomic mass is 10.0. The van der Waals surface area contributed by atoms with Crippen molar-refractivity contribution in [3.8, 4) is 0 Å². The van der Waals surface area contributed by atoms with Crippen LogP contribution in [0.1, 0.15) is 182 Å². The molecule has 0 radical (unpaired) electrons. The molecule has 0 heterocycles. The lowest BCUT2D eigenvalue weighted by Gasteiger charge is -2.20. The van der Waals surface area contributed by atoms with E-state index in [0.29, 0.717) is 12.2 Å². The van der Waals surface area contributed by atoms with Crippen LogP contribution >= 0.6 is 0 Å². The molecule has 0 N–H and O–H groups in total. The highest BCUT2D eigenvalue weighted by Gasteiger charge is 2.10. The molecule has 0 rings (SSSR count). The molecule has 0 aromatic heterocycles. The summed E-state index contributed by atoms with van der Waals surface area (Å²) in [7, 11) is -0.822. The normalized spacial score (nSPS) is 13.8. The lowest BCUT2D eigenvalue weighted by molar-refractivity contribution is 0.103. The molecule has 200 valence electrons. The van der Waals surface area contributed by atoms with Crippen molar-refractivity contribution in [2.75, 3.05) is 0 Å². The number of rotatable bonds is 28. The Morgan fingerprint density at radius 1 is 0.394 bits per heavy atom. The van der Waals surface area contributed by atoms with E-state index in [1.165, 1.54) is 141 Å². The summed E-state index contributed by atoms with van der Waals surface area (Å²) in [5.41, 5.74) is 0. The fourth-order valence-electron chi connectivity index (χ4n) is 4.76. The van der Waals surface area contributed by atoms with Crippen LogP contribution in [-0.2, 0) is 8.85 Å². The van der Waals surface area contributed by atoms with Crippen molar-refractivity contribution < 1.29 is 8.85 Å². The van der Waals surface area contributed by atoms with Crippen molar-refractivity contribution in [2.45, 2.75) is 194 Å². The Kier molecular flexibility index (Phi) is 28.5. The number of hydrogen-bond acceptors (Lipinski definition) is 2. The van der Waals surface area contributed by atoms with E-state index in [1.54, 1.807) is 0 Å². The third-order valence-electron chi connectivity index (χ3n) is 7.28. The van der Waals surface area contributed by atoms with Gasteiger partial charge in [-0.15, -0.1) is 0 Å². The van der Waals surface area contributed by atoms with Crippen LogP contribution in [0.2, 0.25) is 0 Å². The molecule has 0 bridgehead atoms. The second-order valence-corrected chi connectivity index (χ2v) is 11.4. The largest absolute Gasteiger partial charge is 0.396 e. The standard InChI is InChI=1S/C30H64O2Si/c1-5-9-11-13-15-17-19-21-23-25-27-29(7-3)31-33-32-30(8-4)28-26-24-22-20-18-16-14-12-10-6-2/h29-30H,5-28,33H2,1-4H3. The first-order valence-electron chi connectivity index (χ1n) is 15.5. The SMILES string of the molecule is CCCCCCCCCCCCC(CC)O[SiH2]OC(CC)CCCCCCCCCCCC. The summed E-state index contributed by atoms with van der Waals surface area (Å²) in [6.07, 6.45) is 33.8. The van der Waals surface area contributed by atoms with Crippen molar-refractivity contribution in [1.82, 2.24) is 0 Å². The smallest absolute Gasteiger partial charge is 0.304 e. The fraction of sp³-hybridized carbons (Fsp3) is 1.00. The third-order valence-corrected chi connectivity index (χ3v) is 8.49. The first-order chi connectivity index (χ1) is 16.3. The molecule has 2 atom stereocenters. The van der Waals surface area contributed by atoms with E-state index < -0.39 is 10.0 Å². The second kappa shape index (κ2) is 28.4. The molecule has 33 heavy (non-hydrogen) atoms. The summed E-state index contributed by atoms with van der Waals surface area (Å²) in [5.74, 6) is 0. The minimum Gasteiger partial charge on any atom is -0.396 e. The van der Waals surface area contributed by atoms with E-state index in [9.17, 15) is 0 Å². The maximum atomic E-state index is 6.22. The zero-order valence-corrected chi connectivity index (χ0v) is 25.1. The van der Waals surface area contributed by atoms with Crippen molar-refractivity contribution >= 4 is 10.0 Å². The molecule has 0 amide bonds. The predicted octanol–water partition coefficient (Wildman–Crippen LogP) is 10.2. The molecular formula is C30H64O2Si. The van der Waals surface area contributed by atoms with Crippen LogP contribution in [0.25, 0.3) is 0 Å². The molecule has 0 aromatic carbocycles. The van der Waals surface area contributed by atoms with E-state index in [4.69, 9.17) is 8.85 Å². The molecule has 2 unspecified atom stereocenters. The van der Waals surface area contributed by atoms with Crippen LogP contribution in [0.3, 0.4) is 0 Å². The summed E-state index contributed by atoms with van der Waals surface area (Å²) in [6.45, 7) is 9.14. The van der Waals surface area contributed by atoms with Crippen molar-refractivity contribution in [1.29, 1.82) is 0 Å². The predicted molar refractivity (Wildman–Crippen MR) is 152 cm³/mol. The van der Waals surface area contributed by atoms with Gasteiger partial charge in [0.15, 0.2) is 0 Å². The summed E-state index contributed by atoms with van der Waals surface area (Å²) in [4.78, 5) is 0. The Morgan fingerprint density at radius 2 is 0.667 bits per heavy atom. The second-order valence-electron chi connectivity index (χ2n) is 10.5. The molecule has 0 aromatic rings. The Hall–Kier alpha value is 0.137. The first kappa shape index (κ1) is 33.1. The summed E-state index contributed by atoms with van der Waals surface area (Å²) in [6, 6.07) is 0. The minimum atomic E-state index is -0.822. The molecule has 0 aliphatic rings. The van der Waals surface area contributed by atoms with Gasteiger partial charge < -0.3 is 8.85 Å². The highest BCUT2D eigenvalue weighted by molar-refractivity contribution is 6.18. The third kappa shape index (κ3) is 25.0. The van der Waals surface area contributed by atoms with E-state index >= 15 is 0 Å². The van der Waals surface area contributed by atoms with Crippen LogP contribution in [0.15, 0.2) is 0 Å². The quantitative estimate of drug-likeness (QED) is 0.0812.